The van der Waals surface area contributed by atoms with E-state index in [1.54, 1.807) is 0 Å². The summed E-state index contributed by atoms with van der Waals surface area (Å²) < 4.78 is 0. The number of anilines is 2. The number of halogens is 2. The Labute approximate surface area is 134 Å². The van der Waals surface area contributed by atoms with Gasteiger partial charge in [-0.25, -0.2) is 0 Å². The summed E-state index contributed by atoms with van der Waals surface area (Å²) in [5.41, 5.74) is 1.04. The van der Waals surface area contributed by atoms with Crippen LogP contribution in [0.4, 0.5) is 11.9 Å². The highest BCUT2D eigenvalue weighted by Crippen LogP contribution is 2.21. The zero-order chi connectivity index (χ0) is 15.2. The molecule has 0 amide bonds. The lowest BCUT2D eigenvalue weighted by Crippen LogP contribution is -2.12. The van der Waals surface area contributed by atoms with Crippen molar-refractivity contribution in [2.45, 2.75) is 26.3 Å². The highest BCUT2D eigenvalue weighted by atomic mass is 35.5. The van der Waals surface area contributed by atoms with Crippen LogP contribution in [0.5, 0.6) is 0 Å². The van der Waals surface area contributed by atoms with Gasteiger partial charge in [-0.1, -0.05) is 30.7 Å². The summed E-state index contributed by atoms with van der Waals surface area (Å²) in [6, 6.07) is 7.64. The second-order valence-corrected chi connectivity index (χ2v) is 5.37. The molecule has 1 heterocycles. The maximum absolute atomic E-state index is 6.00. The average Bonchev–Trinajstić information content (AvgIpc) is 2.44. The first-order chi connectivity index (χ1) is 10.1. The zero-order valence-corrected chi connectivity index (χ0v) is 13.4. The average molecular weight is 326 g/mol. The van der Waals surface area contributed by atoms with E-state index >= 15 is 0 Å². The van der Waals surface area contributed by atoms with Gasteiger partial charge in [-0.15, -0.1) is 0 Å². The SMILES string of the molecule is CCCNc1nc(Cl)nc(NC(C)c2cccc(Cl)c2)n1. The monoisotopic (exact) mass is 325 g/mol. The summed E-state index contributed by atoms with van der Waals surface area (Å²) in [6.07, 6.45) is 0.977. The molecule has 0 aliphatic heterocycles. The quantitative estimate of drug-likeness (QED) is 0.834. The van der Waals surface area contributed by atoms with Gasteiger partial charge in [0.2, 0.25) is 17.2 Å². The summed E-state index contributed by atoms with van der Waals surface area (Å²) in [5, 5.41) is 7.14. The number of nitrogens with zero attached hydrogens (tertiary/aromatic N) is 3. The Kier molecular flexibility index (Phi) is 5.59. The van der Waals surface area contributed by atoms with Gasteiger partial charge in [-0.05, 0) is 42.6 Å². The fourth-order valence-electron chi connectivity index (χ4n) is 1.78. The molecule has 1 aromatic heterocycles. The minimum atomic E-state index is 0.00110. The molecule has 0 saturated carbocycles. The molecule has 21 heavy (non-hydrogen) atoms. The molecular formula is C14H17Cl2N5. The van der Waals surface area contributed by atoms with Gasteiger partial charge in [-0.2, -0.15) is 15.0 Å². The van der Waals surface area contributed by atoms with Crippen molar-refractivity contribution < 1.29 is 0 Å². The van der Waals surface area contributed by atoms with Crippen LogP contribution in [0.3, 0.4) is 0 Å². The third-order valence-corrected chi connectivity index (χ3v) is 3.24. The number of nitrogens with one attached hydrogen (secondary N) is 2. The van der Waals surface area contributed by atoms with Crippen molar-refractivity contribution in [3.05, 3.63) is 40.1 Å². The maximum Gasteiger partial charge on any atom is 0.229 e. The van der Waals surface area contributed by atoms with Crippen LogP contribution in [0.1, 0.15) is 31.9 Å². The van der Waals surface area contributed by atoms with Crippen molar-refractivity contribution in [3.8, 4) is 0 Å². The van der Waals surface area contributed by atoms with Crippen molar-refractivity contribution >= 4 is 35.1 Å². The lowest BCUT2D eigenvalue weighted by atomic mass is 10.1. The Bertz CT molecular complexity index is 606. The lowest BCUT2D eigenvalue weighted by molar-refractivity contribution is 0.850. The Hall–Kier alpha value is -1.59. The maximum atomic E-state index is 6.00. The standard InChI is InChI=1S/C14H17Cl2N5/c1-3-7-17-13-19-12(16)20-14(21-13)18-9(2)10-5-4-6-11(15)8-10/h4-6,8-9H,3,7H2,1-2H3,(H2,17,18,19,20,21). The van der Waals surface area contributed by atoms with Gasteiger partial charge in [0.1, 0.15) is 0 Å². The number of hydrogen-bond acceptors (Lipinski definition) is 5. The van der Waals surface area contributed by atoms with Crippen molar-refractivity contribution in [2.75, 3.05) is 17.2 Å². The number of hydrogen-bond donors (Lipinski definition) is 2. The highest BCUT2D eigenvalue weighted by Gasteiger charge is 2.10. The molecule has 2 rings (SSSR count). The Balaban J connectivity index is 2.13. The molecule has 0 radical (unpaired) electrons. The molecule has 0 spiro atoms. The van der Waals surface area contributed by atoms with Crippen molar-refractivity contribution in [3.63, 3.8) is 0 Å². The highest BCUT2D eigenvalue weighted by molar-refractivity contribution is 6.30. The van der Waals surface area contributed by atoms with Crippen LogP contribution in [-0.2, 0) is 0 Å². The fraction of sp³-hybridized carbons (Fsp3) is 0.357. The third kappa shape index (κ3) is 4.72. The summed E-state index contributed by atoms with van der Waals surface area (Å²) in [4.78, 5) is 12.4. The Morgan fingerprint density at radius 2 is 1.90 bits per heavy atom. The fourth-order valence-corrected chi connectivity index (χ4v) is 2.14. The topological polar surface area (TPSA) is 62.7 Å². The molecule has 0 bridgehead atoms. The van der Waals surface area contributed by atoms with Gasteiger partial charge in [0.05, 0.1) is 6.04 Å². The van der Waals surface area contributed by atoms with Crippen LogP contribution in [0.2, 0.25) is 10.3 Å². The van der Waals surface area contributed by atoms with Crippen LogP contribution in [0, 0.1) is 0 Å². The van der Waals surface area contributed by atoms with Crippen molar-refractivity contribution in [2.24, 2.45) is 0 Å². The molecule has 0 aliphatic carbocycles. The van der Waals surface area contributed by atoms with Gasteiger partial charge in [-0.3, -0.25) is 0 Å². The Morgan fingerprint density at radius 3 is 2.62 bits per heavy atom. The third-order valence-electron chi connectivity index (χ3n) is 2.84. The Morgan fingerprint density at radius 1 is 1.14 bits per heavy atom. The van der Waals surface area contributed by atoms with E-state index in [1.165, 1.54) is 0 Å². The normalized spacial score (nSPS) is 12.0. The lowest BCUT2D eigenvalue weighted by Gasteiger charge is -2.15. The molecule has 0 fully saturated rings. The molecule has 2 N–H and O–H groups in total. The van der Waals surface area contributed by atoms with Crippen LogP contribution in [0.15, 0.2) is 24.3 Å². The van der Waals surface area contributed by atoms with E-state index in [1.807, 2.05) is 31.2 Å². The molecule has 1 atom stereocenters. The molecule has 1 unspecified atom stereocenters. The number of benzene rings is 1. The van der Waals surface area contributed by atoms with E-state index in [9.17, 15) is 0 Å². The molecular weight excluding hydrogens is 309 g/mol. The van der Waals surface area contributed by atoms with Gasteiger partial charge >= 0.3 is 0 Å². The molecule has 0 aliphatic rings. The van der Waals surface area contributed by atoms with Gasteiger partial charge in [0.15, 0.2) is 0 Å². The largest absolute Gasteiger partial charge is 0.354 e. The minimum absolute atomic E-state index is 0.00110. The van der Waals surface area contributed by atoms with Crippen LogP contribution < -0.4 is 10.6 Å². The molecule has 112 valence electrons. The van der Waals surface area contributed by atoms with E-state index < -0.39 is 0 Å². The first-order valence-corrected chi connectivity index (χ1v) is 7.51. The van der Waals surface area contributed by atoms with Gasteiger partial charge in [0.25, 0.3) is 0 Å². The first kappa shape index (κ1) is 15.8. The summed E-state index contributed by atoms with van der Waals surface area (Å²) >= 11 is 11.9. The van der Waals surface area contributed by atoms with E-state index in [0.29, 0.717) is 16.9 Å². The molecule has 5 nitrogen and oxygen atoms in total. The molecule has 0 saturated heterocycles. The van der Waals surface area contributed by atoms with Crippen LogP contribution in [-0.4, -0.2) is 21.5 Å². The van der Waals surface area contributed by atoms with E-state index in [-0.39, 0.29) is 11.3 Å². The summed E-state index contributed by atoms with van der Waals surface area (Å²) in [5.74, 6) is 0.902. The van der Waals surface area contributed by atoms with Crippen molar-refractivity contribution in [1.29, 1.82) is 0 Å². The summed E-state index contributed by atoms with van der Waals surface area (Å²) in [6.45, 7) is 4.85. The predicted molar refractivity (Wildman–Crippen MR) is 87.1 cm³/mol. The predicted octanol–water partition coefficient (Wildman–Crippen LogP) is 4.17. The van der Waals surface area contributed by atoms with Gasteiger partial charge in [0, 0.05) is 11.6 Å². The smallest absolute Gasteiger partial charge is 0.229 e. The van der Waals surface area contributed by atoms with E-state index in [0.717, 1.165) is 18.5 Å². The number of aromatic nitrogens is 3. The first-order valence-electron chi connectivity index (χ1n) is 6.76. The van der Waals surface area contributed by atoms with Crippen LogP contribution in [0.25, 0.3) is 0 Å². The second kappa shape index (κ2) is 7.43. The van der Waals surface area contributed by atoms with Crippen LogP contribution >= 0.6 is 23.2 Å². The van der Waals surface area contributed by atoms with E-state index in [4.69, 9.17) is 23.2 Å². The minimum Gasteiger partial charge on any atom is -0.354 e. The number of rotatable bonds is 6. The molecule has 2 aromatic rings. The zero-order valence-electron chi connectivity index (χ0n) is 11.9. The van der Waals surface area contributed by atoms with Gasteiger partial charge < -0.3 is 10.6 Å². The van der Waals surface area contributed by atoms with E-state index in [2.05, 4.69) is 32.5 Å². The van der Waals surface area contributed by atoms with Crippen molar-refractivity contribution in [1.82, 2.24) is 15.0 Å². The molecule has 7 heteroatoms. The second-order valence-electron chi connectivity index (χ2n) is 4.60. The summed E-state index contributed by atoms with van der Waals surface area (Å²) in [7, 11) is 0. The molecule has 1 aromatic carbocycles.